The Balaban J connectivity index is 1.63. The molecule has 0 aromatic heterocycles. The molecule has 0 bridgehead atoms. The number of hydrogen-bond donors (Lipinski definition) is 4. The van der Waals surface area contributed by atoms with Gasteiger partial charge in [0, 0.05) is 24.1 Å². The van der Waals surface area contributed by atoms with Crippen LogP contribution in [0.4, 0.5) is 5.69 Å². The van der Waals surface area contributed by atoms with Crippen molar-refractivity contribution in [3.05, 3.63) is 63.6 Å². The molecule has 210 valence electrons. The molecule has 1 saturated carbocycles. The number of nitrogens with one attached hydrogen (secondary N) is 3. The smallest absolute Gasteiger partial charge is 0.326 e. The van der Waals surface area contributed by atoms with Gasteiger partial charge in [0.2, 0.25) is 11.8 Å². The van der Waals surface area contributed by atoms with Crippen LogP contribution in [0, 0.1) is 10.8 Å². The number of carbonyl (C=O) groups excluding carboxylic acids is 3. The van der Waals surface area contributed by atoms with Gasteiger partial charge < -0.3 is 21.1 Å². The van der Waals surface area contributed by atoms with E-state index in [9.17, 15) is 24.3 Å². The van der Waals surface area contributed by atoms with Gasteiger partial charge in [-0.15, -0.1) is 0 Å². The van der Waals surface area contributed by atoms with Gasteiger partial charge in [-0.1, -0.05) is 75.0 Å². The highest BCUT2D eigenvalue weighted by molar-refractivity contribution is 6.40. The molecular formula is C29H35Cl2N3O5. The molecule has 2 aromatic rings. The number of rotatable bonds is 10. The van der Waals surface area contributed by atoms with Crippen LogP contribution in [0.2, 0.25) is 10.0 Å². The molecule has 0 radical (unpaired) electrons. The van der Waals surface area contributed by atoms with E-state index >= 15 is 0 Å². The van der Waals surface area contributed by atoms with Crippen LogP contribution in [0.25, 0.3) is 0 Å². The topological polar surface area (TPSA) is 125 Å². The first-order chi connectivity index (χ1) is 18.3. The molecular weight excluding hydrogens is 541 g/mol. The van der Waals surface area contributed by atoms with Crippen molar-refractivity contribution in [1.29, 1.82) is 0 Å². The van der Waals surface area contributed by atoms with E-state index in [0.29, 0.717) is 37.1 Å². The van der Waals surface area contributed by atoms with Crippen LogP contribution < -0.4 is 16.0 Å². The Hall–Kier alpha value is -3.10. The fourth-order valence-electron chi connectivity index (χ4n) is 4.70. The fraction of sp³-hybridized carbons (Fsp3) is 0.448. The van der Waals surface area contributed by atoms with Crippen molar-refractivity contribution in [3.63, 3.8) is 0 Å². The lowest BCUT2D eigenvalue weighted by atomic mass is 9.81. The van der Waals surface area contributed by atoms with Crippen LogP contribution in [0.5, 0.6) is 0 Å². The molecule has 0 aliphatic heterocycles. The van der Waals surface area contributed by atoms with Gasteiger partial charge in [0.05, 0.1) is 21.0 Å². The zero-order valence-corrected chi connectivity index (χ0v) is 23.9. The van der Waals surface area contributed by atoms with Crippen molar-refractivity contribution < 1.29 is 24.3 Å². The van der Waals surface area contributed by atoms with Crippen molar-refractivity contribution in [3.8, 4) is 0 Å². The van der Waals surface area contributed by atoms with Gasteiger partial charge in [-0.3, -0.25) is 14.4 Å². The SMILES string of the molecule is CC(C)(C)C(=O)NCCC1(C(=O)NC(Cc2ccc(NC(=O)c3c(Cl)cccc3Cl)cc2)C(=O)O)CCCC1. The molecule has 4 N–H and O–H groups in total. The molecule has 1 fully saturated rings. The minimum Gasteiger partial charge on any atom is -0.480 e. The molecule has 0 heterocycles. The number of carboxylic acid groups (broad SMARTS) is 1. The maximum atomic E-state index is 13.4. The zero-order chi connectivity index (χ0) is 28.8. The average Bonchev–Trinajstić information content (AvgIpc) is 3.34. The number of carboxylic acids is 1. The lowest BCUT2D eigenvalue weighted by molar-refractivity contribution is -0.144. The fourth-order valence-corrected chi connectivity index (χ4v) is 5.27. The van der Waals surface area contributed by atoms with E-state index in [1.54, 1.807) is 42.5 Å². The summed E-state index contributed by atoms with van der Waals surface area (Å²) >= 11 is 12.2. The average molecular weight is 577 g/mol. The number of anilines is 1. The van der Waals surface area contributed by atoms with Crippen LogP contribution in [0.15, 0.2) is 42.5 Å². The van der Waals surface area contributed by atoms with Crippen molar-refractivity contribution in [2.75, 3.05) is 11.9 Å². The molecule has 3 amide bonds. The minimum absolute atomic E-state index is 0.0719. The summed E-state index contributed by atoms with van der Waals surface area (Å²) in [6.07, 6.45) is 3.59. The van der Waals surface area contributed by atoms with Gasteiger partial charge in [-0.2, -0.15) is 0 Å². The molecule has 0 saturated heterocycles. The molecule has 8 nitrogen and oxygen atoms in total. The predicted molar refractivity (Wildman–Crippen MR) is 152 cm³/mol. The van der Waals surface area contributed by atoms with E-state index < -0.39 is 28.7 Å². The standard InChI is InChI=1S/C29H35Cl2N3O5/c1-28(2,3)26(38)32-16-15-29(13-4-5-14-29)27(39)34-22(25(36)37)17-18-9-11-19(12-10-18)33-24(35)23-20(30)7-6-8-21(23)31/h6-12,22H,4-5,13-17H2,1-3H3,(H,32,38)(H,33,35)(H,34,39)(H,36,37). The number of benzene rings is 2. The Bertz CT molecular complexity index is 1200. The Morgan fingerprint density at radius 3 is 2.10 bits per heavy atom. The summed E-state index contributed by atoms with van der Waals surface area (Å²) in [7, 11) is 0. The largest absolute Gasteiger partial charge is 0.480 e. The summed E-state index contributed by atoms with van der Waals surface area (Å²) in [6.45, 7) is 5.83. The molecule has 1 aliphatic rings. The number of hydrogen-bond acceptors (Lipinski definition) is 4. The molecule has 10 heteroatoms. The van der Waals surface area contributed by atoms with Gasteiger partial charge in [0.1, 0.15) is 6.04 Å². The molecule has 39 heavy (non-hydrogen) atoms. The van der Waals surface area contributed by atoms with Crippen LogP contribution in [-0.2, 0) is 20.8 Å². The van der Waals surface area contributed by atoms with Gasteiger partial charge in [-0.25, -0.2) is 4.79 Å². The lowest BCUT2D eigenvalue weighted by Crippen LogP contribution is -2.49. The van der Waals surface area contributed by atoms with Crippen molar-refractivity contribution in [1.82, 2.24) is 10.6 Å². The normalized spacial score (nSPS) is 15.3. The van der Waals surface area contributed by atoms with E-state index in [4.69, 9.17) is 23.2 Å². The summed E-state index contributed by atoms with van der Waals surface area (Å²) in [4.78, 5) is 50.3. The second-order valence-corrected chi connectivity index (χ2v) is 11.9. The highest BCUT2D eigenvalue weighted by atomic mass is 35.5. The van der Waals surface area contributed by atoms with Gasteiger partial charge in [0.25, 0.3) is 5.91 Å². The van der Waals surface area contributed by atoms with Gasteiger partial charge in [-0.05, 0) is 49.1 Å². The molecule has 1 atom stereocenters. The van der Waals surface area contributed by atoms with Crippen molar-refractivity contribution >= 4 is 52.6 Å². The van der Waals surface area contributed by atoms with E-state index in [2.05, 4.69) is 16.0 Å². The highest BCUT2D eigenvalue weighted by Crippen LogP contribution is 2.41. The Morgan fingerprint density at radius 1 is 0.974 bits per heavy atom. The maximum absolute atomic E-state index is 13.4. The summed E-state index contributed by atoms with van der Waals surface area (Å²) in [5.41, 5.74) is 0.0941. The first kappa shape index (κ1) is 30.4. The second kappa shape index (κ2) is 12.8. The first-order valence-electron chi connectivity index (χ1n) is 13.0. The van der Waals surface area contributed by atoms with Crippen molar-refractivity contribution in [2.45, 2.75) is 65.3 Å². The molecule has 1 aliphatic carbocycles. The number of amides is 3. The molecule has 1 unspecified atom stereocenters. The van der Waals surface area contributed by atoms with Crippen LogP contribution in [0.3, 0.4) is 0 Å². The Kier molecular flexibility index (Phi) is 10.0. The third kappa shape index (κ3) is 7.96. The van der Waals surface area contributed by atoms with E-state index in [1.807, 2.05) is 20.8 Å². The molecule has 0 spiro atoms. The second-order valence-electron chi connectivity index (χ2n) is 11.1. The number of aliphatic carboxylic acids is 1. The molecule has 3 rings (SSSR count). The van der Waals surface area contributed by atoms with E-state index in [1.165, 1.54) is 0 Å². The predicted octanol–water partition coefficient (Wildman–Crippen LogP) is 5.47. The van der Waals surface area contributed by atoms with Crippen LogP contribution >= 0.6 is 23.2 Å². The number of halogens is 2. The summed E-state index contributed by atoms with van der Waals surface area (Å²) in [5, 5.41) is 18.7. The third-order valence-electron chi connectivity index (χ3n) is 7.06. The lowest BCUT2D eigenvalue weighted by Gasteiger charge is -2.30. The molecule has 2 aromatic carbocycles. The summed E-state index contributed by atoms with van der Waals surface area (Å²) in [5.74, 6) is -1.98. The quantitative estimate of drug-likeness (QED) is 0.299. The maximum Gasteiger partial charge on any atom is 0.326 e. The zero-order valence-electron chi connectivity index (χ0n) is 22.4. The Morgan fingerprint density at radius 2 is 1.56 bits per heavy atom. The van der Waals surface area contributed by atoms with Crippen molar-refractivity contribution in [2.24, 2.45) is 10.8 Å². The monoisotopic (exact) mass is 575 g/mol. The Labute approximate surface area is 238 Å². The number of carbonyl (C=O) groups is 4. The minimum atomic E-state index is -1.14. The van der Waals surface area contributed by atoms with Gasteiger partial charge in [0.15, 0.2) is 0 Å². The highest BCUT2D eigenvalue weighted by Gasteiger charge is 2.42. The van der Waals surface area contributed by atoms with Gasteiger partial charge >= 0.3 is 5.97 Å². The van der Waals surface area contributed by atoms with E-state index in [-0.39, 0.29) is 33.8 Å². The summed E-state index contributed by atoms with van der Waals surface area (Å²) in [6, 6.07) is 10.4. The van der Waals surface area contributed by atoms with E-state index in [0.717, 1.165) is 12.8 Å². The summed E-state index contributed by atoms with van der Waals surface area (Å²) < 4.78 is 0. The third-order valence-corrected chi connectivity index (χ3v) is 7.69. The first-order valence-corrected chi connectivity index (χ1v) is 13.7. The van der Waals surface area contributed by atoms with Crippen LogP contribution in [-0.4, -0.2) is 41.4 Å². The van der Waals surface area contributed by atoms with Crippen LogP contribution in [0.1, 0.15) is 68.8 Å².